The molecule has 0 aliphatic rings. The minimum absolute atomic E-state index is 0.0251. The van der Waals surface area contributed by atoms with E-state index in [0.29, 0.717) is 42.3 Å². The number of nitrogens with one attached hydrogen (secondary N) is 3. The van der Waals surface area contributed by atoms with Crippen LogP contribution in [0.2, 0.25) is 0 Å². The Bertz CT molecular complexity index is 1090. The highest BCUT2D eigenvalue weighted by Crippen LogP contribution is 2.15. The maximum atomic E-state index is 12.5. The minimum atomic E-state index is -0.333. The number of thiocarbonyl (C=S) groups is 1. The molecular weight excluding hydrogens is 450 g/mol. The smallest absolute Gasteiger partial charge is 0.257 e. The van der Waals surface area contributed by atoms with Crippen molar-refractivity contribution >= 4 is 40.5 Å². The van der Waals surface area contributed by atoms with Crippen LogP contribution < -0.4 is 25.4 Å². The molecule has 0 fully saturated rings. The molecule has 0 saturated heterocycles. The zero-order valence-electron chi connectivity index (χ0n) is 18.9. The molecule has 0 aliphatic heterocycles. The van der Waals surface area contributed by atoms with Crippen molar-refractivity contribution in [1.82, 2.24) is 5.32 Å². The highest BCUT2D eigenvalue weighted by Gasteiger charge is 2.09. The van der Waals surface area contributed by atoms with Crippen molar-refractivity contribution in [3.05, 3.63) is 84.4 Å². The van der Waals surface area contributed by atoms with Crippen LogP contribution in [-0.2, 0) is 4.79 Å². The molecule has 0 unspecified atom stereocenters. The Morgan fingerprint density at radius 1 is 0.765 bits per heavy atom. The first kappa shape index (κ1) is 24.7. The molecular formula is C26H27N3O4S. The van der Waals surface area contributed by atoms with Gasteiger partial charge in [-0.15, -0.1) is 0 Å². The van der Waals surface area contributed by atoms with Crippen LogP contribution in [0.1, 0.15) is 30.1 Å². The van der Waals surface area contributed by atoms with Crippen LogP contribution in [0.15, 0.2) is 78.9 Å². The van der Waals surface area contributed by atoms with Gasteiger partial charge in [0.25, 0.3) is 5.91 Å². The van der Waals surface area contributed by atoms with E-state index in [4.69, 9.17) is 21.7 Å². The highest BCUT2D eigenvalue weighted by atomic mass is 32.1. The molecule has 3 aromatic rings. The van der Waals surface area contributed by atoms with Crippen LogP contribution in [0.4, 0.5) is 11.4 Å². The average Bonchev–Trinajstić information content (AvgIpc) is 2.84. The molecule has 0 saturated carbocycles. The SMILES string of the molecule is CCCC(=O)Nc1ccc(NC(=S)NC(=O)c2ccc(OCCOc3ccccc3)cc2)cc1. The van der Waals surface area contributed by atoms with Crippen molar-refractivity contribution < 1.29 is 19.1 Å². The van der Waals surface area contributed by atoms with Crippen LogP contribution in [0.25, 0.3) is 0 Å². The molecule has 0 heterocycles. The fourth-order valence-corrected chi connectivity index (χ4v) is 3.17. The minimum Gasteiger partial charge on any atom is -0.490 e. The maximum Gasteiger partial charge on any atom is 0.257 e. The number of amides is 2. The Balaban J connectivity index is 1.41. The normalized spacial score (nSPS) is 10.1. The molecule has 176 valence electrons. The zero-order valence-corrected chi connectivity index (χ0v) is 19.7. The van der Waals surface area contributed by atoms with E-state index in [1.807, 2.05) is 37.3 Å². The second-order valence-corrected chi connectivity index (χ2v) is 7.73. The molecule has 0 aliphatic carbocycles. The number of carbonyl (C=O) groups excluding carboxylic acids is 2. The summed E-state index contributed by atoms with van der Waals surface area (Å²) in [5.74, 6) is 1.07. The molecule has 3 aromatic carbocycles. The third-order valence-corrected chi connectivity index (χ3v) is 4.82. The molecule has 7 nitrogen and oxygen atoms in total. The van der Waals surface area contributed by atoms with Crippen molar-refractivity contribution in [2.24, 2.45) is 0 Å². The first-order chi connectivity index (χ1) is 16.5. The zero-order chi connectivity index (χ0) is 24.2. The summed E-state index contributed by atoms with van der Waals surface area (Å²) >= 11 is 5.23. The van der Waals surface area contributed by atoms with E-state index >= 15 is 0 Å². The Morgan fingerprint density at radius 3 is 1.91 bits per heavy atom. The number of carbonyl (C=O) groups is 2. The second-order valence-electron chi connectivity index (χ2n) is 7.32. The lowest BCUT2D eigenvalue weighted by Crippen LogP contribution is -2.34. The first-order valence-electron chi connectivity index (χ1n) is 11.0. The van der Waals surface area contributed by atoms with E-state index in [9.17, 15) is 9.59 Å². The summed E-state index contributed by atoms with van der Waals surface area (Å²) in [4.78, 5) is 24.1. The lowest BCUT2D eigenvalue weighted by molar-refractivity contribution is -0.116. The van der Waals surface area contributed by atoms with E-state index in [-0.39, 0.29) is 16.9 Å². The van der Waals surface area contributed by atoms with Gasteiger partial charge >= 0.3 is 0 Å². The Hall–Kier alpha value is -3.91. The number of benzene rings is 3. The topological polar surface area (TPSA) is 88.7 Å². The summed E-state index contributed by atoms with van der Waals surface area (Å²) in [5, 5.41) is 8.60. The maximum absolute atomic E-state index is 12.5. The molecule has 0 bridgehead atoms. The molecule has 34 heavy (non-hydrogen) atoms. The molecule has 2 amide bonds. The van der Waals surface area contributed by atoms with E-state index in [2.05, 4.69) is 16.0 Å². The lowest BCUT2D eigenvalue weighted by atomic mass is 10.2. The number of hydrogen-bond acceptors (Lipinski definition) is 5. The first-order valence-corrected chi connectivity index (χ1v) is 11.4. The summed E-state index contributed by atoms with van der Waals surface area (Å²) in [6.07, 6.45) is 1.27. The van der Waals surface area contributed by atoms with Gasteiger partial charge in [-0.25, -0.2) is 0 Å². The standard InChI is InChI=1S/C26H27N3O4S/c1-2-6-24(30)27-20-11-13-21(14-12-20)28-26(34)29-25(31)19-9-15-23(16-10-19)33-18-17-32-22-7-4-3-5-8-22/h3-5,7-16H,2,6,17-18H2,1H3,(H,27,30)(H2,28,29,31,34). The van der Waals surface area contributed by atoms with Gasteiger partial charge in [-0.1, -0.05) is 25.1 Å². The number of para-hydroxylation sites is 1. The third kappa shape index (κ3) is 8.22. The quantitative estimate of drug-likeness (QED) is 0.281. The van der Waals surface area contributed by atoms with Gasteiger partial charge in [-0.05, 0) is 79.3 Å². The number of anilines is 2. The number of ether oxygens (including phenoxy) is 2. The number of hydrogen-bond donors (Lipinski definition) is 3. The van der Waals surface area contributed by atoms with Crippen molar-refractivity contribution in [3.8, 4) is 11.5 Å². The summed E-state index contributed by atoms with van der Waals surface area (Å²) in [5.41, 5.74) is 1.85. The highest BCUT2D eigenvalue weighted by molar-refractivity contribution is 7.80. The van der Waals surface area contributed by atoms with Gasteiger partial charge in [-0.3, -0.25) is 14.9 Å². The Labute approximate surface area is 204 Å². The van der Waals surface area contributed by atoms with Gasteiger partial charge < -0.3 is 20.1 Å². The van der Waals surface area contributed by atoms with Crippen LogP contribution in [-0.4, -0.2) is 30.1 Å². The largest absolute Gasteiger partial charge is 0.490 e. The van der Waals surface area contributed by atoms with Crippen molar-refractivity contribution in [3.63, 3.8) is 0 Å². The second kappa shape index (κ2) is 13.0. The van der Waals surface area contributed by atoms with Gasteiger partial charge in [-0.2, -0.15) is 0 Å². The van der Waals surface area contributed by atoms with Crippen molar-refractivity contribution in [1.29, 1.82) is 0 Å². The Kier molecular flexibility index (Phi) is 9.42. The lowest BCUT2D eigenvalue weighted by Gasteiger charge is -2.11. The van der Waals surface area contributed by atoms with E-state index in [1.54, 1.807) is 48.5 Å². The van der Waals surface area contributed by atoms with Crippen molar-refractivity contribution in [2.75, 3.05) is 23.8 Å². The summed E-state index contributed by atoms with van der Waals surface area (Å²) in [7, 11) is 0. The van der Waals surface area contributed by atoms with E-state index in [0.717, 1.165) is 12.2 Å². The van der Waals surface area contributed by atoms with Gasteiger partial charge in [0.15, 0.2) is 5.11 Å². The fraction of sp³-hybridized carbons (Fsp3) is 0.192. The number of rotatable bonds is 10. The fourth-order valence-electron chi connectivity index (χ4n) is 2.96. The van der Waals surface area contributed by atoms with Crippen molar-refractivity contribution in [2.45, 2.75) is 19.8 Å². The van der Waals surface area contributed by atoms with Crippen LogP contribution in [0.5, 0.6) is 11.5 Å². The predicted molar refractivity (Wildman–Crippen MR) is 138 cm³/mol. The summed E-state index contributed by atoms with van der Waals surface area (Å²) in [6.45, 7) is 2.75. The molecule has 0 spiro atoms. The molecule has 0 radical (unpaired) electrons. The monoisotopic (exact) mass is 477 g/mol. The molecule has 0 atom stereocenters. The Morgan fingerprint density at radius 2 is 1.32 bits per heavy atom. The van der Waals surface area contributed by atoms with E-state index in [1.165, 1.54) is 0 Å². The molecule has 0 aromatic heterocycles. The molecule has 3 N–H and O–H groups in total. The molecule has 3 rings (SSSR count). The van der Waals surface area contributed by atoms with Crippen LogP contribution in [0.3, 0.4) is 0 Å². The van der Waals surface area contributed by atoms with Crippen LogP contribution in [0, 0.1) is 0 Å². The van der Waals surface area contributed by atoms with Gasteiger partial charge in [0.2, 0.25) is 5.91 Å². The predicted octanol–water partition coefficient (Wildman–Crippen LogP) is 5.01. The average molecular weight is 478 g/mol. The van der Waals surface area contributed by atoms with Crippen LogP contribution >= 0.6 is 12.2 Å². The molecule has 8 heteroatoms. The third-order valence-electron chi connectivity index (χ3n) is 4.61. The summed E-state index contributed by atoms with van der Waals surface area (Å²) < 4.78 is 11.2. The van der Waals surface area contributed by atoms with Gasteiger partial charge in [0.1, 0.15) is 24.7 Å². The summed E-state index contributed by atoms with van der Waals surface area (Å²) in [6, 6.07) is 23.4. The van der Waals surface area contributed by atoms with Gasteiger partial charge in [0, 0.05) is 23.4 Å². The van der Waals surface area contributed by atoms with E-state index < -0.39 is 0 Å². The van der Waals surface area contributed by atoms with Gasteiger partial charge in [0.05, 0.1) is 0 Å².